The van der Waals surface area contributed by atoms with Gasteiger partial charge in [-0.2, -0.15) is 0 Å². The zero-order chi connectivity index (χ0) is 21.3. The molecular weight excluding hydrogens is 513 g/mol. The molecule has 152 valence electrons. The minimum Gasteiger partial charge on any atom is -0.347 e. The summed E-state index contributed by atoms with van der Waals surface area (Å²) in [4.78, 5) is 38.8. The number of aromatic nitrogens is 1. The van der Waals surface area contributed by atoms with Crippen LogP contribution in [0.3, 0.4) is 0 Å². The van der Waals surface area contributed by atoms with Crippen molar-refractivity contribution in [3.8, 4) is 0 Å². The van der Waals surface area contributed by atoms with E-state index in [-0.39, 0.29) is 6.54 Å². The summed E-state index contributed by atoms with van der Waals surface area (Å²) < 4.78 is 3.14. The molecule has 0 unspecified atom stereocenters. The highest BCUT2D eigenvalue weighted by molar-refractivity contribution is 14.1. The van der Waals surface area contributed by atoms with Gasteiger partial charge in [0, 0.05) is 38.5 Å². The first kappa shape index (κ1) is 20.7. The molecule has 1 aromatic heterocycles. The number of benzene rings is 2. The van der Waals surface area contributed by atoms with Crippen molar-refractivity contribution in [2.45, 2.75) is 13.5 Å². The third-order valence-corrected chi connectivity index (χ3v) is 6.38. The summed E-state index contributed by atoms with van der Waals surface area (Å²) in [7, 11) is 0. The molecular formula is C22H18IN3O3S. The summed E-state index contributed by atoms with van der Waals surface area (Å²) in [6.07, 6.45) is 3.71. The van der Waals surface area contributed by atoms with Crippen LogP contribution in [0.4, 0.5) is 10.5 Å². The van der Waals surface area contributed by atoms with Crippen molar-refractivity contribution in [1.82, 2.24) is 9.47 Å². The van der Waals surface area contributed by atoms with Crippen molar-refractivity contribution in [2.75, 3.05) is 11.9 Å². The average molecular weight is 531 g/mol. The van der Waals surface area contributed by atoms with Gasteiger partial charge in [-0.05, 0) is 77.7 Å². The lowest BCUT2D eigenvalue weighted by Gasteiger charge is -2.12. The van der Waals surface area contributed by atoms with Crippen LogP contribution in [0.5, 0.6) is 0 Å². The van der Waals surface area contributed by atoms with E-state index in [4.69, 9.17) is 0 Å². The number of nitrogens with one attached hydrogen (secondary N) is 1. The predicted molar refractivity (Wildman–Crippen MR) is 128 cm³/mol. The fourth-order valence-corrected chi connectivity index (χ4v) is 4.50. The zero-order valence-electron chi connectivity index (χ0n) is 16.1. The van der Waals surface area contributed by atoms with Crippen LogP contribution >= 0.6 is 34.4 Å². The molecule has 0 atom stereocenters. The maximum atomic E-state index is 12.8. The number of halogens is 1. The van der Waals surface area contributed by atoms with Gasteiger partial charge in [0.1, 0.15) is 6.54 Å². The molecule has 2 aromatic carbocycles. The molecule has 3 amide bonds. The van der Waals surface area contributed by atoms with Gasteiger partial charge in [-0.3, -0.25) is 19.3 Å². The second-order valence-electron chi connectivity index (χ2n) is 6.71. The maximum absolute atomic E-state index is 12.8. The van der Waals surface area contributed by atoms with Gasteiger partial charge >= 0.3 is 0 Å². The number of nitrogens with zero attached hydrogens (tertiary/aromatic N) is 2. The molecule has 0 aliphatic carbocycles. The number of carbonyl (C=O) groups excluding carboxylic acids is 3. The van der Waals surface area contributed by atoms with Crippen LogP contribution in [0, 0.1) is 3.57 Å². The van der Waals surface area contributed by atoms with E-state index in [1.165, 1.54) is 0 Å². The Hall–Kier alpha value is -2.59. The van der Waals surface area contributed by atoms with Gasteiger partial charge in [0.25, 0.3) is 11.1 Å². The number of imide groups is 1. The zero-order valence-corrected chi connectivity index (χ0v) is 19.1. The first-order valence-electron chi connectivity index (χ1n) is 9.35. The minimum absolute atomic E-state index is 0.315. The number of fused-ring (bicyclic) bond motifs is 1. The summed E-state index contributed by atoms with van der Waals surface area (Å²) in [5, 5.41) is 3.29. The molecule has 3 aromatic rings. The number of para-hydroxylation sites is 1. The topological polar surface area (TPSA) is 71.4 Å². The van der Waals surface area contributed by atoms with Gasteiger partial charge < -0.3 is 9.88 Å². The number of anilines is 1. The summed E-state index contributed by atoms with van der Waals surface area (Å²) in [6, 6.07) is 15.2. The van der Waals surface area contributed by atoms with Crippen LogP contribution in [0.25, 0.3) is 17.0 Å². The maximum Gasteiger partial charge on any atom is 0.294 e. The van der Waals surface area contributed by atoms with E-state index < -0.39 is 17.1 Å². The molecule has 0 radical (unpaired) electrons. The highest BCUT2D eigenvalue weighted by atomic mass is 127. The van der Waals surface area contributed by atoms with Crippen molar-refractivity contribution in [2.24, 2.45) is 0 Å². The number of amides is 3. The summed E-state index contributed by atoms with van der Waals surface area (Å²) in [5.74, 6) is -0.863. The highest BCUT2D eigenvalue weighted by Crippen LogP contribution is 2.34. The lowest BCUT2D eigenvalue weighted by atomic mass is 10.1. The molecule has 0 bridgehead atoms. The number of hydrogen-bond donors (Lipinski definition) is 1. The second-order valence-corrected chi connectivity index (χ2v) is 8.95. The standard InChI is InChI=1S/C22H18IN3O3S/c1-2-25-12-14(17-5-3-4-6-18(17)25)11-19-21(28)26(22(29)30-19)13-20(27)24-16-9-7-15(23)8-10-16/h3-12H,2,13H2,1H3,(H,24,27)/b19-11-. The van der Waals surface area contributed by atoms with Crippen LogP contribution in [0.1, 0.15) is 12.5 Å². The van der Waals surface area contributed by atoms with Crippen LogP contribution < -0.4 is 5.32 Å². The van der Waals surface area contributed by atoms with Gasteiger partial charge in [0.05, 0.1) is 4.91 Å². The molecule has 1 aliphatic rings. The van der Waals surface area contributed by atoms with Crippen LogP contribution in [-0.2, 0) is 16.1 Å². The SMILES string of the molecule is CCn1cc(/C=C2\SC(=O)N(CC(=O)Nc3ccc(I)cc3)C2=O)c2ccccc21. The molecule has 0 spiro atoms. The fourth-order valence-electron chi connectivity index (χ4n) is 3.31. The van der Waals surface area contributed by atoms with Gasteiger partial charge in [0.2, 0.25) is 5.91 Å². The van der Waals surface area contributed by atoms with E-state index in [9.17, 15) is 14.4 Å². The molecule has 2 heterocycles. The summed E-state index contributed by atoms with van der Waals surface area (Å²) in [6.45, 7) is 2.54. The van der Waals surface area contributed by atoms with Crippen molar-refractivity contribution >= 4 is 74.1 Å². The number of carbonyl (C=O) groups is 3. The fraction of sp³-hybridized carbons (Fsp3) is 0.136. The van der Waals surface area contributed by atoms with Crippen molar-refractivity contribution in [3.05, 3.63) is 68.8 Å². The van der Waals surface area contributed by atoms with Crippen LogP contribution in [0.15, 0.2) is 59.6 Å². The average Bonchev–Trinajstić information content (AvgIpc) is 3.22. The summed E-state index contributed by atoms with van der Waals surface area (Å²) in [5.41, 5.74) is 2.57. The Morgan fingerprint density at radius 3 is 2.60 bits per heavy atom. The van der Waals surface area contributed by atoms with E-state index in [1.807, 2.05) is 42.6 Å². The molecule has 1 N–H and O–H groups in total. The van der Waals surface area contributed by atoms with Crippen LogP contribution in [-0.4, -0.2) is 33.1 Å². The highest BCUT2D eigenvalue weighted by Gasteiger charge is 2.36. The molecule has 1 fully saturated rings. The first-order valence-corrected chi connectivity index (χ1v) is 11.2. The smallest absolute Gasteiger partial charge is 0.294 e. The molecule has 0 saturated carbocycles. The Morgan fingerprint density at radius 2 is 1.87 bits per heavy atom. The largest absolute Gasteiger partial charge is 0.347 e. The minimum atomic E-state index is -0.448. The Morgan fingerprint density at radius 1 is 1.13 bits per heavy atom. The Bertz CT molecular complexity index is 1180. The summed E-state index contributed by atoms with van der Waals surface area (Å²) >= 11 is 3.04. The van der Waals surface area contributed by atoms with E-state index in [0.717, 1.165) is 43.2 Å². The monoisotopic (exact) mass is 531 g/mol. The Labute approximate surface area is 191 Å². The molecule has 8 heteroatoms. The van der Waals surface area contributed by atoms with Gasteiger partial charge in [-0.15, -0.1) is 0 Å². The molecule has 4 rings (SSSR count). The first-order chi connectivity index (χ1) is 14.5. The normalized spacial score (nSPS) is 15.4. The molecule has 1 saturated heterocycles. The molecule has 6 nitrogen and oxygen atoms in total. The van der Waals surface area contributed by atoms with Crippen molar-refractivity contribution < 1.29 is 14.4 Å². The third-order valence-electron chi connectivity index (χ3n) is 4.75. The van der Waals surface area contributed by atoms with Gasteiger partial charge in [0.15, 0.2) is 0 Å². The molecule has 30 heavy (non-hydrogen) atoms. The number of rotatable bonds is 5. The number of hydrogen-bond acceptors (Lipinski definition) is 4. The second kappa shape index (κ2) is 8.65. The number of aryl methyl sites for hydroxylation is 1. The van der Waals surface area contributed by atoms with Crippen molar-refractivity contribution in [3.63, 3.8) is 0 Å². The third kappa shape index (κ3) is 4.15. The van der Waals surface area contributed by atoms with E-state index in [1.54, 1.807) is 18.2 Å². The van der Waals surface area contributed by atoms with Gasteiger partial charge in [-0.25, -0.2) is 0 Å². The van der Waals surface area contributed by atoms with Crippen LogP contribution in [0.2, 0.25) is 0 Å². The van der Waals surface area contributed by atoms with E-state index >= 15 is 0 Å². The quantitative estimate of drug-likeness (QED) is 0.374. The van der Waals surface area contributed by atoms with E-state index in [0.29, 0.717) is 10.6 Å². The van der Waals surface area contributed by atoms with Gasteiger partial charge in [-0.1, -0.05) is 18.2 Å². The Kier molecular flexibility index (Phi) is 5.96. The van der Waals surface area contributed by atoms with Crippen molar-refractivity contribution in [1.29, 1.82) is 0 Å². The number of thioether (sulfide) groups is 1. The predicted octanol–water partition coefficient (Wildman–Crippen LogP) is 4.94. The lowest BCUT2D eigenvalue weighted by Crippen LogP contribution is -2.36. The Balaban J connectivity index is 1.53. The van der Waals surface area contributed by atoms with E-state index in [2.05, 4.69) is 39.4 Å². The molecule has 1 aliphatic heterocycles. The lowest BCUT2D eigenvalue weighted by molar-refractivity contribution is -0.127.